The highest BCUT2D eigenvalue weighted by molar-refractivity contribution is 6.06. The van der Waals surface area contributed by atoms with Gasteiger partial charge in [0.2, 0.25) is 6.41 Å². The Hall–Kier alpha value is -3.22. The summed E-state index contributed by atoms with van der Waals surface area (Å²) in [5.41, 5.74) is 2.34. The fourth-order valence-corrected chi connectivity index (χ4v) is 3.33. The molecular weight excluding hydrogens is 368 g/mol. The van der Waals surface area contributed by atoms with Crippen molar-refractivity contribution in [3.63, 3.8) is 0 Å². The number of nitrogens with zero attached hydrogens (tertiary/aromatic N) is 3. The normalized spacial score (nSPS) is 14.4. The first kappa shape index (κ1) is 20.5. The minimum Gasteiger partial charge on any atom is -0.342 e. The van der Waals surface area contributed by atoms with Gasteiger partial charge in [-0.05, 0) is 23.1 Å². The number of carbonyl (C=O) groups is 3. The van der Waals surface area contributed by atoms with E-state index in [-0.39, 0.29) is 17.2 Å². The van der Waals surface area contributed by atoms with Crippen LogP contribution in [-0.2, 0) is 10.2 Å². The summed E-state index contributed by atoms with van der Waals surface area (Å²) in [6, 6.07) is 9.25. The first-order valence-electron chi connectivity index (χ1n) is 9.64. The van der Waals surface area contributed by atoms with Crippen LogP contribution in [0.3, 0.4) is 0 Å². The summed E-state index contributed by atoms with van der Waals surface area (Å²) in [7, 11) is 0. The van der Waals surface area contributed by atoms with Crippen LogP contribution < -0.4 is 5.32 Å². The molecule has 0 bridgehead atoms. The monoisotopic (exact) mass is 394 g/mol. The molecule has 0 spiro atoms. The molecule has 0 atom stereocenters. The maximum absolute atomic E-state index is 12.8. The van der Waals surface area contributed by atoms with Crippen molar-refractivity contribution in [1.82, 2.24) is 14.8 Å². The predicted octanol–water partition coefficient (Wildman–Crippen LogP) is 2.55. The maximum atomic E-state index is 12.8. The Morgan fingerprint density at radius 3 is 2.34 bits per heavy atom. The van der Waals surface area contributed by atoms with Gasteiger partial charge in [0.15, 0.2) is 0 Å². The summed E-state index contributed by atoms with van der Waals surface area (Å²) in [6.45, 7) is 8.20. The van der Waals surface area contributed by atoms with Gasteiger partial charge in [-0.2, -0.15) is 0 Å². The number of hydrogen-bond acceptors (Lipinski definition) is 4. The van der Waals surface area contributed by atoms with Crippen LogP contribution in [0.1, 0.15) is 47.1 Å². The second kappa shape index (κ2) is 8.43. The van der Waals surface area contributed by atoms with Gasteiger partial charge >= 0.3 is 0 Å². The molecule has 1 aromatic carbocycles. The maximum Gasteiger partial charge on any atom is 0.257 e. The fraction of sp³-hybridized carbons (Fsp3) is 0.364. The van der Waals surface area contributed by atoms with Gasteiger partial charge in [0, 0.05) is 44.3 Å². The third-order valence-electron chi connectivity index (χ3n) is 4.98. The molecule has 2 aromatic rings. The number of piperazine rings is 1. The first-order valence-corrected chi connectivity index (χ1v) is 9.64. The number of para-hydroxylation sites is 1. The molecule has 1 N–H and O–H groups in total. The molecule has 0 radical (unpaired) electrons. The van der Waals surface area contributed by atoms with E-state index in [1.807, 2.05) is 24.3 Å². The largest absolute Gasteiger partial charge is 0.342 e. The van der Waals surface area contributed by atoms with E-state index < -0.39 is 0 Å². The number of pyridine rings is 1. The highest BCUT2D eigenvalue weighted by Crippen LogP contribution is 2.29. The van der Waals surface area contributed by atoms with E-state index >= 15 is 0 Å². The van der Waals surface area contributed by atoms with Crippen LogP contribution in [0.2, 0.25) is 0 Å². The molecule has 1 saturated heterocycles. The lowest BCUT2D eigenvalue weighted by molar-refractivity contribution is -0.119. The van der Waals surface area contributed by atoms with Crippen molar-refractivity contribution >= 4 is 23.9 Å². The lowest BCUT2D eigenvalue weighted by Crippen LogP contribution is -2.48. The lowest BCUT2D eigenvalue weighted by Gasteiger charge is -2.32. The Bertz CT molecular complexity index is 912. The van der Waals surface area contributed by atoms with Crippen LogP contribution in [0, 0.1) is 0 Å². The molecule has 0 unspecified atom stereocenters. The SMILES string of the molecule is CC(C)(C)c1ccccc1NC(=O)c1cncc(C(=O)N2CCN(C=O)CC2)c1. The third kappa shape index (κ3) is 4.80. The number of amides is 3. The van der Waals surface area contributed by atoms with Gasteiger partial charge in [0.25, 0.3) is 11.8 Å². The molecule has 1 aliphatic heterocycles. The molecule has 1 fully saturated rings. The number of benzene rings is 1. The fourth-order valence-electron chi connectivity index (χ4n) is 3.33. The van der Waals surface area contributed by atoms with Gasteiger partial charge in [0.1, 0.15) is 0 Å². The topological polar surface area (TPSA) is 82.6 Å². The molecular formula is C22H26N4O3. The molecule has 1 aliphatic rings. The molecule has 1 aromatic heterocycles. The van der Waals surface area contributed by atoms with Gasteiger partial charge in [-0.25, -0.2) is 0 Å². The first-order chi connectivity index (χ1) is 13.8. The predicted molar refractivity (Wildman–Crippen MR) is 111 cm³/mol. The Balaban J connectivity index is 1.75. The van der Waals surface area contributed by atoms with Crippen molar-refractivity contribution in [2.45, 2.75) is 26.2 Å². The molecule has 0 aliphatic carbocycles. The van der Waals surface area contributed by atoms with E-state index in [0.29, 0.717) is 37.3 Å². The van der Waals surface area contributed by atoms with Crippen LogP contribution in [0.4, 0.5) is 5.69 Å². The van der Waals surface area contributed by atoms with E-state index in [1.165, 1.54) is 12.4 Å². The second-order valence-electron chi connectivity index (χ2n) is 8.15. The zero-order valence-electron chi connectivity index (χ0n) is 17.0. The van der Waals surface area contributed by atoms with Gasteiger partial charge in [-0.3, -0.25) is 19.4 Å². The summed E-state index contributed by atoms with van der Waals surface area (Å²) in [5, 5.41) is 2.94. The Morgan fingerprint density at radius 1 is 1.03 bits per heavy atom. The van der Waals surface area contributed by atoms with Crippen LogP contribution >= 0.6 is 0 Å². The molecule has 7 heteroatoms. The van der Waals surface area contributed by atoms with Crippen molar-refractivity contribution in [2.24, 2.45) is 0 Å². The van der Waals surface area contributed by atoms with Gasteiger partial charge in [-0.1, -0.05) is 39.0 Å². The van der Waals surface area contributed by atoms with E-state index in [4.69, 9.17) is 0 Å². The molecule has 7 nitrogen and oxygen atoms in total. The number of anilines is 1. The van der Waals surface area contributed by atoms with E-state index in [1.54, 1.807) is 15.9 Å². The molecule has 152 valence electrons. The molecule has 0 saturated carbocycles. The average Bonchev–Trinajstić information content (AvgIpc) is 2.73. The number of rotatable bonds is 4. The van der Waals surface area contributed by atoms with Crippen LogP contribution in [0.15, 0.2) is 42.7 Å². The summed E-state index contributed by atoms with van der Waals surface area (Å²) < 4.78 is 0. The minimum atomic E-state index is -0.311. The summed E-state index contributed by atoms with van der Waals surface area (Å²) in [4.78, 5) is 43.8. The molecule has 3 rings (SSSR count). The number of nitrogens with one attached hydrogen (secondary N) is 1. The van der Waals surface area contributed by atoms with Gasteiger partial charge in [0.05, 0.1) is 11.1 Å². The van der Waals surface area contributed by atoms with E-state index in [2.05, 4.69) is 31.1 Å². The second-order valence-corrected chi connectivity index (χ2v) is 8.15. The quantitative estimate of drug-likeness (QED) is 0.808. The third-order valence-corrected chi connectivity index (χ3v) is 4.98. The van der Waals surface area contributed by atoms with Crippen LogP contribution in [0.5, 0.6) is 0 Å². The Kier molecular flexibility index (Phi) is 5.96. The van der Waals surface area contributed by atoms with Crippen molar-refractivity contribution < 1.29 is 14.4 Å². The van der Waals surface area contributed by atoms with E-state index in [0.717, 1.165) is 17.7 Å². The minimum absolute atomic E-state index is 0.121. The number of aromatic nitrogens is 1. The van der Waals surface area contributed by atoms with Crippen LogP contribution in [0.25, 0.3) is 0 Å². The summed E-state index contributed by atoms with van der Waals surface area (Å²) in [5.74, 6) is -0.498. The zero-order chi connectivity index (χ0) is 21.0. The smallest absolute Gasteiger partial charge is 0.257 e. The van der Waals surface area contributed by atoms with Crippen molar-refractivity contribution in [3.8, 4) is 0 Å². The summed E-state index contributed by atoms with van der Waals surface area (Å²) >= 11 is 0. The van der Waals surface area contributed by atoms with Crippen molar-refractivity contribution in [3.05, 3.63) is 59.4 Å². The molecule has 29 heavy (non-hydrogen) atoms. The number of carbonyl (C=O) groups excluding carboxylic acids is 3. The lowest BCUT2D eigenvalue weighted by atomic mass is 9.86. The molecule has 2 heterocycles. The molecule has 3 amide bonds. The standard InChI is InChI=1S/C22H26N4O3/c1-22(2,3)18-6-4-5-7-19(18)24-20(28)16-12-17(14-23-13-16)21(29)26-10-8-25(15-27)9-11-26/h4-7,12-15H,8-11H2,1-3H3,(H,24,28). The van der Waals surface area contributed by atoms with Crippen molar-refractivity contribution in [2.75, 3.05) is 31.5 Å². The van der Waals surface area contributed by atoms with Gasteiger partial charge < -0.3 is 15.1 Å². The Morgan fingerprint density at radius 2 is 1.69 bits per heavy atom. The highest BCUT2D eigenvalue weighted by Gasteiger charge is 2.23. The highest BCUT2D eigenvalue weighted by atomic mass is 16.2. The summed E-state index contributed by atoms with van der Waals surface area (Å²) in [6.07, 6.45) is 3.72. The van der Waals surface area contributed by atoms with Crippen LogP contribution in [-0.4, -0.2) is 59.2 Å². The van der Waals surface area contributed by atoms with Gasteiger partial charge in [-0.15, -0.1) is 0 Å². The zero-order valence-corrected chi connectivity index (χ0v) is 17.0. The van der Waals surface area contributed by atoms with E-state index in [9.17, 15) is 14.4 Å². The Labute approximate surface area is 170 Å². The average molecular weight is 394 g/mol. The number of hydrogen-bond donors (Lipinski definition) is 1. The van der Waals surface area contributed by atoms with Crippen molar-refractivity contribution in [1.29, 1.82) is 0 Å².